The molecule has 0 saturated heterocycles. The highest BCUT2D eigenvalue weighted by Crippen LogP contribution is 2.35. The summed E-state index contributed by atoms with van der Waals surface area (Å²) in [4.78, 5) is 10.5. The summed E-state index contributed by atoms with van der Waals surface area (Å²) in [5.74, 6) is -1.12. The molecule has 1 N–H and O–H groups in total. The lowest BCUT2D eigenvalue weighted by molar-refractivity contribution is -0.138. The van der Waals surface area contributed by atoms with Crippen LogP contribution in [-0.2, 0) is 38.6 Å². The molecule has 0 radical (unpaired) electrons. The van der Waals surface area contributed by atoms with Crippen LogP contribution in [0.2, 0.25) is 0 Å². The number of Topliss-reactive ketones (excluding diaryl/α,β-unsaturated/α-hetero) is 1. The van der Waals surface area contributed by atoms with Crippen LogP contribution in [0.15, 0.2) is 46.2 Å². The number of ketones is 1. The summed E-state index contributed by atoms with van der Waals surface area (Å²) in [6.07, 6.45) is -9.34. The number of rotatable bonds is 8. The monoisotopic (exact) mass is 742 g/mol. The van der Waals surface area contributed by atoms with Crippen LogP contribution in [0.4, 0.5) is 26.3 Å². The number of hydrogen-bond acceptors (Lipinski definition) is 10. The second kappa shape index (κ2) is 15.6. The molecule has 2 heterocycles. The van der Waals surface area contributed by atoms with Crippen molar-refractivity contribution >= 4 is 25.5 Å². The smallest absolute Gasteiger partial charge is 0.390 e. The third kappa shape index (κ3) is 9.09. The second-order valence-electron chi connectivity index (χ2n) is 9.85. The molecule has 0 saturated carbocycles. The molecule has 20 heteroatoms. The molecule has 0 atom stereocenters. The summed E-state index contributed by atoms with van der Waals surface area (Å²) in [6, 6.07) is 4.75. The fraction of sp³-hybridized carbons (Fsp3) is 0.414. The fourth-order valence-corrected chi connectivity index (χ4v) is 6.34. The molecular weight excluding hydrogens is 706 g/mol. The van der Waals surface area contributed by atoms with Gasteiger partial charge in [0.1, 0.15) is 5.69 Å². The molecule has 0 unspecified atom stereocenters. The number of benzene rings is 2. The van der Waals surface area contributed by atoms with E-state index in [0.29, 0.717) is 17.8 Å². The first-order valence-electron chi connectivity index (χ1n) is 13.4. The van der Waals surface area contributed by atoms with Gasteiger partial charge >= 0.3 is 12.4 Å². The van der Waals surface area contributed by atoms with Crippen LogP contribution in [0.25, 0.3) is 11.4 Å². The van der Waals surface area contributed by atoms with E-state index in [0.717, 1.165) is 33.6 Å². The van der Waals surface area contributed by atoms with Gasteiger partial charge in [0.2, 0.25) is 0 Å². The molecule has 0 bridgehead atoms. The van der Waals surface area contributed by atoms with Crippen molar-refractivity contribution in [3.8, 4) is 11.4 Å². The zero-order valence-electron chi connectivity index (χ0n) is 25.3. The third-order valence-corrected chi connectivity index (χ3v) is 10.3. The minimum Gasteiger partial charge on any atom is -0.390 e. The first-order valence-corrected chi connectivity index (χ1v) is 16.7. The number of sulfone groups is 2. The van der Waals surface area contributed by atoms with Gasteiger partial charge in [-0.3, -0.25) is 4.79 Å². The maximum absolute atomic E-state index is 12.9. The number of nitrogens with zero attached hydrogens (tertiary/aromatic N) is 6. The maximum atomic E-state index is 12.9. The lowest BCUT2D eigenvalue weighted by Crippen LogP contribution is -2.14. The Morgan fingerprint density at radius 3 is 1.43 bits per heavy atom. The van der Waals surface area contributed by atoms with E-state index in [4.69, 9.17) is 5.11 Å². The first-order chi connectivity index (χ1) is 21.6. The van der Waals surface area contributed by atoms with Gasteiger partial charge in [0.25, 0.3) is 0 Å². The van der Waals surface area contributed by atoms with Crippen molar-refractivity contribution in [3.05, 3.63) is 70.3 Å². The predicted molar refractivity (Wildman–Crippen MR) is 167 cm³/mol. The first kappa shape index (κ1) is 42.9. The zero-order valence-corrected chi connectivity index (χ0v) is 27.0. The van der Waals surface area contributed by atoms with Gasteiger partial charge in [-0.05, 0) is 50.2 Å². The number of aromatic nitrogens is 6. The molecule has 272 valence electrons. The summed E-state index contributed by atoms with van der Waals surface area (Å²) in [6.45, 7) is 6.53. The number of alkyl halides is 6. The van der Waals surface area contributed by atoms with Gasteiger partial charge in [-0.15, -0.1) is 10.2 Å². The highest BCUT2D eigenvalue weighted by Gasteiger charge is 2.34. The van der Waals surface area contributed by atoms with Crippen molar-refractivity contribution in [2.75, 3.05) is 11.5 Å². The Labute approximate surface area is 279 Å². The molecule has 12 nitrogen and oxygen atoms in total. The van der Waals surface area contributed by atoms with E-state index in [1.807, 2.05) is 0 Å². The van der Waals surface area contributed by atoms with Crippen LogP contribution in [0.5, 0.6) is 0 Å². The number of carbonyl (C=O) groups is 1. The Kier molecular flexibility index (Phi) is 13.6. The van der Waals surface area contributed by atoms with Crippen molar-refractivity contribution in [3.63, 3.8) is 0 Å². The van der Waals surface area contributed by atoms with Crippen molar-refractivity contribution in [1.82, 2.24) is 30.0 Å². The fourth-order valence-electron chi connectivity index (χ4n) is 4.16. The zero-order chi connectivity index (χ0) is 35.7. The summed E-state index contributed by atoms with van der Waals surface area (Å²) < 4.78 is 128. The topological polar surface area (TPSA) is 167 Å². The lowest BCUT2D eigenvalue weighted by atomic mass is 10.2. The number of aliphatic hydroxyl groups excluding tert-OH is 1. The molecule has 0 aliphatic heterocycles. The average Bonchev–Trinajstić information content (AvgIpc) is 3.57. The normalized spacial score (nSPS) is 12.0. The maximum Gasteiger partial charge on any atom is 0.416 e. The molecule has 0 fully saturated rings. The predicted octanol–water partition coefficient (Wildman–Crippen LogP) is 5.74. The second-order valence-corrected chi connectivity index (χ2v) is 14.3. The Bertz CT molecular complexity index is 2020. The molecule has 0 amide bonds. The lowest BCUT2D eigenvalue weighted by Gasteiger charge is -2.14. The molecular formula is C29H36F6N6O6S2. The summed E-state index contributed by atoms with van der Waals surface area (Å²) in [7, 11) is -7.89. The standard InChI is InChI=1S/C14H14F3N3O3S.C13H14F3N3O3S.2CH4/c1-4-24(22,23)12-7-10(14(15,16)17)5-6-11(12)20-8(2)13(9(3)21)18-19-20;1-3-23(21,22)12-6-9(13(14,15)16)4-5-11(12)19-8(2)10(7-20)17-18-19;;/h5-7H,4H2,1-3H3;4-6,20H,3,7H2,1-2H3;2*1H4. The van der Waals surface area contributed by atoms with Crippen LogP contribution in [-0.4, -0.2) is 69.2 Å². The van der Waals surface area contributed by atoms with Crippen molar-refractivity contribution in [2.45, 2.75) is 78.2 Å². The van der Waals surface area contributed by atoms with Gasteiger partial charge in [0, 0.05) is 6.92 Å². The van der Waals surface area contributed by atoms with E-state index in [1.54, 1.807) is 0 Å². The van der Waals surface area contributed by atoms with E-state index in [2.05, 4.69) is 20.6 Å². The van der Waals surface area contributed by atoms with Crippen LogP contribution >= 0.6 is 0 Å². The third-order valence-electron chi connectivity index (χ3n) is 6.83. The molecule has 4 rings (SSSR count). The number of carbonyl (C=O) groups excluding carboxylic acids is 1. The van der Waals surface area contributed by atoms with Gasteiger partial charge in [-0.2, -0.15) is 26.3 Å². The molecule has 4 aromatic rings. The quantitative estimate of drug-likeness (QED) is 0.174. The van der Waals surface area contributed by atoms with Crippen molar-refractivity contribution < 1.29 is 53.1 Å². The minimum atomic E-state index is -4.68. The van der Waals surface area contributed by atoms with Gasteiger partial charge in [-0.1, -0.05) is 39.1 Å². The number of halogens is 6. The molecule has 2 aromatic heterocycles. The largest absolute Gasteiger partial charge is 0.416 e. The molecule has 49 heavy (non-hydrogen) atoms. The van der Waals surface area contributed by atoms with Gasteiger partial charge < -0.3 is 5.11 Å². The summed E-state index contributed by atoms with van der Waals surface area (Å²) in [5.41, 5.74) is -1.43. The van der Waals surface area contributed by atoms with E-state index in [-0.39, 0.29) is 60.6 Å². The average molecular weight is 743 g/mol. The molecule has 0 spiro atoms. The number of aliphatic hydroxyl groups is 1. The minimum absolute atomic E-state index is 0. The number of hydrogen-bond donors (Lipinski definition) is 1. The van der Waals surface area contributed by atoms with Gasteiger partial charge in [0.15, 0.2) is 31.2 Å². The van der Waals surface area contributed by atoms with E-state index >= 15 is 0 Å². The summed E-state index contributed by atoms with van der Waals surface area (Å²) in [5, 5.41) is 23.9. The Balaban J connectivity index is 0.000000471. The molecule has 2 aromatic carbocycles. The van der Waals surface area contributed by atoms with Crippen LogP contribution < -0.4 is 0 Å². The van der Waals surface area contributed by atoms with Crippen LogP contribution in [0.1, 0.15) is 74.3 Å². The summed E-state index contributed by atoms with van der Waals surface area (Å²) >= 11 is 0. The highest BCUT2D eigenvalue weighted by molar-refractivity contribution is 7.91. The Hall–Kier alpha value is -4.17. The SMILES string of the molecule is C.C.CCS(=O)(=O)c1cc(C(F)(F)F)ccc1-n1nnc(C(C)=O)c1C.CCS(=O)(=O)c1cc(C(F)(F)F)ccc1-n1nnc(CO)c1C. The van der Waals surface area contributed by atoms with Crippen LogP contribution in [0, 0.1) is 13.8 Å². The van der Waals surface area contributed by atoms with E-state index < -0.39 is 59.6 Å². The van der Waals surface area contributed by atoms with E-state index in [1.165, 1.54) is 34.6 Å². The Morgan fingerprint density at radius 2 is 1.12 bits per heavy atom. The molecule has 0 aliphatic rings. The molecule has 0 aliphatic carbocycles. The highest BCUT2D eigenvalue weighted by atomic mass is 32.2. The van der Waals surface area contributed by atoms with Crippen molar-refractivity contribution in [2.24, 2.45) is 0 Å². The van der Waals surface area contributed by atoms with Crippen LogP contribution in [0.3, 0.4) is 0 Å². The Morgan fingerprint density at radius 1 is 0.735 bits per heavy atom. The van der Waals surface area contributed by atoms with Gasteiger partial charge in [-0.25, -0.2) is 26.2 Å². The van der Waals surface area contributed by atoms with Crippen molar-refractivity contribution in [1.29, 1.82) is 0 Å². The van der Waals surface area contributed by atoms with E-state index in [9.17, 15) is 48.0 Å². The van der Waals surface area contributed by atoms with Gasteiger partial charge in [0.05, 0.1) is 61.8 Å².